The van der Waals surface area contributed by atoms with Crippen molar-refractivity contribution in [3.05, 3.63) is 28.3 Å². The molecule has 0 amide bonds. The van der Waals surface area contributed by atoms with Gasteiger partial charge in [-0.3, -0.25) is 4.99 Å². The van der Waals surface area contributed by atoms with Gasteiger partial charge in [-0.15, -0.1) is 0 Å². The minimum atomic E-state index is 0.141. The molecule has 0 atom stereocenters. The maximum Gasteiger partial charge on any atom is 0.224 e. The average molecular weight is 302 g/mol. The lowest BCUT2D eigenvalue weighted by molar-refractivity contribution is 0.621. The van der Waals surface area contributed by atoms with Gasteiger partial charge < -0.3 is 10.2 Å². The summed E-state index contributed by atoms with van der Waals surface area (Å²) in [5.74, 6) is 1.26. The molecule has 7 heteroatoms. The number of nitrogens with one attached hydrogen (secondary N) is 1. The molecule has 0 saturated heterocycles. The lowest BCUT2D eigenvalue weighted by atomic mass is 10.3. The third-order valence-electron chi connectivity index (χ3n) is 2.25. The maximum absolute atomic E-state index is 6.04. The number of hydrogen-bond acceptors (Lipinski definition) is 4. The van der Waals surface area contributed by atoms with Gasteiger partial charge in [0, 0.05) is 21.1 Å². The molecule has 0 bridgehead atoms. The zero-order chi connectivity index (χ0) is 14.4. The minimum absolute atomic E-state index is 0.141. The zero-order valence-electron chi connectivity index (χ0n) is 11.4. The maximum atomic E-state index is 6.04. The monoisotopic (exact) mass is 301 g/mol. The van der Waals surface area contributed by atoms with Crippen LogP contribution in [0.3, 0.4) is 0 Å². The Bertz CT molecular complexity index is 497. The molecule has 0 aliphatic rings. The topological polar surface area (TPSA) is 53.4 Å². The van der Waals surface area contributed by atoms with Crippen LogP contribution >= 0.6 is 23.2 Å². The van der Waals surface area contributed by atoms with Gasteiger partial charge in [-0.05, 0) is 18.0 Å². The smallest absolute Gasteiger partial charge is 0.224 e. The van der Waals surface area contributed by atoms with E-state index in [1.54, 1.807) is 7.05 Å². The standard InChI is InChI=1S/C12H17Cl2N5/c1-5-6-9(11(15-2)19(3)4)17-10-8(13)7-16-12(14)18-10/h6-7H,5H2,1-4H3,(H,16,17,18)/b9-6+,15-11?. The highest BCUT2D eigenvalue weighted by molar-refractivity contribution is 6.33. The summed E-state index contributed by atoms with van der Waals surface area (Å²) in [6.07, 6.45) is 4.32. The van der Waals surface area contributed by atoms with E-state index >= 15 is 0 Å². The van der Waals surface area contributed by atoms with Crippen LogP contribution in [0.5, 0.6) is 0 Å². The summed E-state index contributed by atoms with van der Waals surface area (Å²) in [6, 6.07) is 0. The minimum Gasteiger partial charge on any atom is -0.361 e. The summed E-state index contributed by atoms with van der Waals surface area (Å²) in [5.41, 5.74) is 0.826. The highest BCUT2D eigenvalue weighted by Gasteiger charge is 2.12. The number of hydrogen-bond donors (Lipinski definition) is 1. The fourth-order valence-electron chi connectivity index (χ4n) is 1.52. The van der Waals surface area contributed by atoms with Crippen LogP contribution < -0.4 is 5.32 Å². The van der Waals surface area contributed by atoms with Gasteiger partial charge >= 0.3 is 0 Å². The van der Waals surface area contributed by atoms with E-state index in [-0.39, 0.29) is 5.28 Å². The van der Waals surface area contributed by atoms with Crippen molar-refractivity contribution in [2.24, 2.45) is 4.99 Å². The number of aliphatic imine (C=N–C) groups is 1. The first-order valence-electron chi connectivity index (χ1n) is 5.79. The van der Waals surface area contributed by atoms with Gasteiger partial charge in [0.05, 0.1) is 11.9 Å². The van der Waals surface area contributed by atoms with Gasteiger partial charge in [-0.1, -0.05) is 24.6 Å². The third kappa shape index (κ3) is 4.36. The van der Waals surface area contributed by atoms with E-state index in [0.29, 0.717) is 10.8 Å². The molecule has 0 aliphatic carbocycles. The molecule has 1 aromatic rings. The van der Waals surface area contributed by atoms with Crippen molar-refractivity contribution in [3.63, 3.8) is 0 Å². The highest BCUT2D eigenvalue weighted by Crippen LogP contribution is 2.21. The molecule has 104 valence electrons. The predicted molar refractivity (Wildman–Crippen MR) is 81.1 cm³/mol. The van der Waals surface area contributed by atoms with E-state index in [9.17, 15) is 0 Å². The van der Waals surface area contributed by atoms with Crippen molar-refractivity contribution in [1.82, 2.24) is 14.9 Å². The average Bonchev–Trinajstić information content (AvgIpc) is 2.34. The normalized spacial score (nSPS) is 12.5. The van der Waals surface area contributed by atoms with E-state index in [2.05, 4.69) is 20.3 Å². The first-order chi connectivity index (χ1) is 8.99. The summed E-state index contributed by atoms with van der Waals surface area (Å²) in [4.78, 5) is 14.0. The molecule has 1 N–H and O–H groups in total. The fourth-order valence-corrected chi connectivity index (χ4v) is 1.80. The molecule has 1 heterocycles. The van der Waals surface area contributed by atoms with Crippen LogP contribution in [0.25, 0.3) is 0 Å². The van der Waals surface area contributed by atoms with Crippen molar-refractivity contribution < 1.29 is 0 Å². The predicted octanol–water partition coefficient (Wildman–Crippen LogP) is 3.08. The Kier molecular flexibility index (Phi) is 6.05. The summed E-state index contributed by atoms with van der Waals surface area (Å²) in [6.45, 7) is 2.04. The molecule has 0 fully saturated rings. The van der Waals surface area contributed by atoms with Crippen LogP contribution in [0.4, 0.5) is 5.82 Å². The largest absolute Gasteiger partial charge is 0.361 e. The number of rotatable bonds is 4. The summed E-state index contributed by atoms with van der Waals surface area (Å²) < 4.78 is 0. The van der Waals surface area contributed by atoms with E-state index in [0.717, 1.165) is 18.0 Å². The van der Waals surface area contributed by atoms with Gasteiger partial charge in [0.1, 0.15) is 10.9 Å². The second-order valence-corrected chi connectivity index (χ2v) is 4.67. The fraction of sp³-hybridized carbons (Fsp3) is 0.417. The molecule has 19 heavy (non-hydrogen) atoms. The number of allylic oxidation sites excluding steroid dienone is 1. The Balaban J connectivity index is 3.10. The van der Waals surface area contributed by atoms with Crippen molar-refractivity contribution in [2.75, 3.05) is 26.5 Å². The van der Waals surface area contributed by atoms with Crippen LogP contribution in [-0.2, 0) is 0 Å². The quantitative estimate of drug-likeness (QED) is 0.527. The van der Waals surface area contributed by atoms with Gasteiger partial charge in [-0.25, -0.2) is 4.98 Å². The van der Waals surface area contributed by atoms with E-state index < -0.39 is 0 Å². The van der Waals surface area contributed by atoms with E-state index in [4.69, 9.17) is 23.2 Å². The van der Waals surface area contributed by atoms with Gasteiger partial charge in [-0.2, -0.15) is 4.98 Å². The Morgan fingerprint density at radius 3 is 2.68 bits per heavy atom. The van der Waals surface area contributed by atoms with Crippen LogP contribution in [0, 0.1) is 0 Å². The van der Waals surface area contributed by atoms with Crippen LogP contribution in [0.15, 0.2) is 23.0 Å². The van der Waals surface area contributed by atoms with Crippen molar-refractivity contribution in [2.45, 2.75) is 13.3 Å². The van der Waals surface area contributed by atoms with Gasteiger partial charge in [0.25, 0.3) is 0 Å². The second-order valence-electron chi connectivity index (χ2n) is 3.93. The molecular weight excluding hydrogens is 285 g/mol. The summed E-state index contributed by atoms with van der Waals surface area (Å²) >= 11 is 11.8. The first-order valence-corrected chi connectivity index (χ1v) is 6.54. The lowest BCUT2D eigenvalue weighted by Crippen LogP contribution is -2.27. The SMILES string of the molecule is CC/C=C(/Nc1nc(Cl)ncc1Cl)C(=NC)N(C)C. The number of aromatic nitrogens is 2. The molecular formula is C12H17Cl2N5. The summed E-state index contributed by atoms with van der Waals surface area (Å²) in [5, 5.41) is 3.69. The Morgan fingerprint density at radius 1 is 1.47 bits per heavy atom. The first kappa shape index (κ1) is 15.7. The number of likely N-dealkylation sites (N-methyl/N-ethyl adjacent to an activating group) is 1. The number of anilines is 1. The van der Waals surface area contributed by atoms with E-state index in [1.165, 1.54) is 6.20 Å². The van der Waals surface area contributed by atoms with Crippen LogP contribution in [0.1, 0.15) is 13.3 Å². The van der Waals surface area contributed by atoms with Crippen LogP contribution in [-0.4, -0.2) is 41.8 Å². The lowest BCUT2D eigenvalue weighted by Gasteiger charge is -2.19. The van der Waals surface area contributed by atoms with Crippen LogP contribution in [0.2, 0.25) is 10.3 Å². The zero-order valence-corrected chi connectivity index (χ0v) is 12.9. The highest BCUT2D eigenvalue weighted by atomic mass is 35.5. The molecule has 1 aromatic heterocycles. The van der Waals surface area contributed by atoms with Gasteiger partial charge in [0.2, 0.25) is 5.28 Å². The third-order valence-corrected chi connectivity index (χ3v) is 2.71. The number of amidine groups is 1. The molecule has 0 saturated carbocycles. The number of nitrogens with zero attached hydrogens (tertiary/aromatic N) is 4. The number of halogens is 2. The molecule has 5 nitrogen and oxygen atoms in total. The molecule has 0 spiro atoms. The van der Waals surface area contributed by atoms with Crippen molar-refractivity contribution in [1.29, 1.82) is 0 Å². The van der Waals surface area contributed by atoms with E-state index in [1.807, 2.05) is 32.0 Å². The molecule has 0 aromatic carbocycles. The Labute approximate surface area is 123 Å². The molecule has 0 aliphatic heterocycles. The Hall–Kier alpha value is -1.33. The van der Waals surface area contributed by atoms with Crippen molar-refractivity contribution >= 4 is 34.9 Å². The second kappa shape index (κ2) is 7.31. The summed E-state index contributed by atoms with van der Waals surface area (Å²) in [7, 11) is 5.57. The molecule has 0 radical (unpaired) electrons. The van der Waals surface area contributed by atoms with Crippen molar-refractivity contribution in [3.8, 4) is 0 Å². The van der Waals surface area contributed by atoms with Gasteiger partial charge in [0.15, 0.2) is 5.82 Å². The molecule has 0 unspecified atom stereocenters. The Morgan fingerprint density at radius 2 is 2.16 bits per heavy atom. The molecule has 1 rings (SSSR count).